The van der Waals surface area contributed by atoms with E-state index in [-0.39, 0.29) is 87.6 Å². The molecule has 1 saturated carbocycles. The molecule has 0 N–H and O–H groups in total. The molecule has 3 amide bonds. The van der Waals surface area contributed by atoms with Crippen LogP contribution in [-0.4, -0.2) is 102 Å². The summed E-state index contributed by atoms with van der Waals surface area (Å²) in [6.45, 7) is 30.7. The third-order valence-electron chi connectivity index (χ3n) is 11.5. The molecule has 0 aromatic carbocycles. The Morgan fingerprint density at radius 3 is 0.830 bits per heavy atom. The Bertz CT molecular complexity index is 1090. The van der Waals surface area contributed by atoms with Gasteiger partial charge < -0.3 is 28.9 Å². The summed E-state index contributed by atoms with van der Waals surface area (Å²) in [5.41, 5.74) is -1.97. The molecule has 0 radical (unpaired) electrons. The molecule has 270 valence electrons. The predicted molar refractivity (Wildman–Crippen MR) is 185 cm³/mol. The number of likely N-dealkylation sites (tertiary alicyclic amines) is 3. The number of rotatable bonds is 6. The number of ether oxygens (including phenoxy) is 3. The average Bonchev–Trinajstić information content (AvgIpc) is 3.12. The van der Waals surface area contributed by atoms with E-state index in [1.165, 1.54) is 0 Å². The van der Waals surface area contributed by atoms with Gasteiger partial charge in [0.1, 0.15) is 0 Å². The molecule has 9 nitrogen and oxygen atoms in total. The van der Waals surface area contributed by atoms with Crippen LogP contribution in [0.15, 0.2) is 0 Å². The summed E-state index contributed by atoms with van der Waals surface area (Å²) in [5.74, 6) is 0.292. The van der Waals surface area contributed by atoms with Gasteiger partial charge in [0.05, 0.1) is 36.6 Å². The number of nitrogens with zero attached hydrogens (tertiary/aromatic N) is 3. The van der Waals surface area contributed by atoms with Gasteiger partial charge in [-0.05, 0) is 122 Å². The lowest BCUT2D eigenvalue weighted by Gasteiger charge is -2.56. The van der Waals surface area contributed by atoms with Crippen molar-refractivity contribution in [3.05, 3.63) is 0 Å². The summed E-state index contributed by atoms with van der Waals surface area (Å²) in [5, 5.41) is 0. The molecule has 3 aliphatic heterocycles. The first-order valence-corrected chi connectivity index (χ1v) is 18.1. The summed E-state index contributed by atoms with van der Waals surface area (Å²) in [6, 6.07) is 0. The lowest BCUT2D eigenvalue weighted by atomic mass is 9.77. The van der Waals surface area contributed by atoms with Gasteiger partial charge in [-0.15, -0.1) is 0 Å². The van der Waals surface area contributed by atoms with E-state index < -0.39 is 0 Å². The number of piperidine rings is 3. The molecular formula is C38H67N3O6. The maximum atomic E-state index is 12.7. The Labute approximate surface area is 285 Å². The van der Waals surface area contributed by atoms with Crippen LogP contribution in [0.25, 0.3) is 0 Å². The highest BCUT2D eigenvalue weighted by molar-refractivity contribution is 5.76. The standard InChI is InChI=1S/C38H67N3O6/c1-24(42)39-33(4,5)18-28(19-34(39,6)7)45-27-16-31(46-29-20-35(8,9)40(25(2)43)36(10,11)21-29)32(17-27)47-30-22-37(12,13)41(26(3)44)38(14,15)23-30/h27-32H,16-23H2,1-15H3. The van der Waals surface area contributed by atoms with Crippen LogP contribution in [0.1, 0.15) is 155 Å². The second-order valence-corrected chi connectivity index (χ2v) is 19.1. The fourth-order valence-electron chi connectivity index (χ4n) is 11.5. The van der Waals surface area contributed by atoms with Crippen LogP contribution in [0.5, 0.6) is 0 Å². The zero-order valence-corrected chi connectivity index (χ0v) is 32.4. The maximum Gasteiger partial charge on any atom is 0.220 e. The van der Waals surface area contributed by atoms with E-state index in [9.17, 15) is 14.4 Å². The van der Waals surface area contributed by atoms with Gasteiger partial charge in [0.15, 0.2) is 0 Å². The SMILES string of the molecule is CC(=O)N1C(C)(C)CC(OC2CC(OC3CC(C)(C)N(C(C)=O)C(C)(C)C3)C(OC3CC(C)(C)N(C(C)=O)C(C)(C)C3)C2)CC1(C)C. The van der Waals surface area contributed by atoms with Crippen molar-refractivity contribution in [1.29, 1.82) is 0 Å². The summed E-state index contributed by atoms with van der Waals surface area (Å²) in [7, 11) is 0. The Kier molecular flexibility index (Phi) is 10.2. The Hall–Kier alpha value is -1.71. The molecule has 9 heteroatoms. The van der Waals surface area contributed by atoms with Crippen LogP contribution in [-0.2, 0) is 28.6 Å². The zero-order chi connectivity index (χ0) is 35.7. The quantitative estimate of drug-likeness (QED) is 0.317. The fraction of sp³-hybridized carbons (Fsp3) is 0.921. The minimum Gasteiger partial charge on any atom is -0.375 e. The molecule has 1 aliphatic carbocycles. The van der Waals surface area contributed by atoms with Gasteiger partial charge in [0.25, 0.3) is 0 Å². The molecule has 0 bridgehead atoms. The molecule has 4 rings (SSSR count). The van der Waals surface area contributed by atoms with E-state index in [2.05, 4.69) is 83.1 Å². The van der Waals surface area contributed by atoms with Gasteiger partial charge in [0.2, 0.25) is 17.7 Å². The van der Waals surface area contributed by atoms with Crippen molar-refractivity contribution < 1.29 is 28.6 Å². The van der Waals surface area contributed by atoms with Gasteiger partial charge in [-0.1, -0.05) is 0 Å². The first-order chi connectivity index (χ1) is 21.2. The second-order valence-electron chi connectivity index (χ2n) is 19.1. The molecule has 3 saturated heterocycles. The van der Waals surface area contributed by atoms with Crippen molar-refractivity contribution in [2.24, 2.45) is 0 Å². The highest BCUT2D eigenvalue weighted by Gasteiger charge is 2.53. The van der Waals surface area contributed by atoms with E-state index in [0.29, 0.717) is 0 Å². The number of hydrogen-bond acceptors (Lipinski definition) is 6. The van der Waals surface area contributed by atoms with Gasteiger partial charge in [-0.3, -0.25) is 14.4 Å². The molecule has 47 heavy (non-hydrogen) atoms. The minimum absolute atomic E-state index is 0.0189. The predicted octanol–water partition coefficient (Wildman–Crippen LogP) is 6.64. The molecule has 3 heterocycles. The van der Waals surface area contributed by atoms with Crippen molar-refractivity contribution >= 4 is 17.7 Å². The van der Waals surface area contributed by atoms with Gasteiger partial charge >= 0.3 is 0 Å². The molecule has 4 fully saturated rings. The van der Waals surface area contributed by atoms with Gasteiger partial charge in [0, 0.05) is 66.8 Å². The molecule has 2 unspecified atom stereocenters. The van der Waals surface area contributed by atoms with Crippen LogP contribution in [0.2, 0.25) is 0 Å². The lowest BCUT2D eigenvalue weighted by molar-refractivity contribution is -0.182. The molecule has 0 aromatic heterocycles. The smallest absolute Gasteiger partial charge is 0.220 e. The molecule has 0 aromatic rings. The van der Waals surface area contributed by atoms with Crippen LogP contribution in [0, 0.1) is 0 Å². The summed E-state index contributed by atoms with van der Waals surface area (Å²) in [6.07, 6.45) is 5.74. The lowest BCUT2D eigenvalue weighted by Crippen LogP contribution is -2.64. The van der Waals surface area contributed by atoms with Gasteiger partial charge in [-0.25, -0.2) is 0 Å². The fourth-order valence-corrected chi connectivity index (χ4v) is 11.5. The van der Waals surface area contributed by atoms with Crippen LogP contribution >= 0.6 is 0 Å². The van der Waals surface area contributed by atoms with Crippen molar-refractivity contribution in [2.75, 3.05) is 0 Å². The summed E-state index contributed by atoms with van der Waals surface area (Å²) >= 11 is 0. The second kappa shape index (κ2) is 12.6. The highest BCUT2D eigenvalue weighted by atomic mass is 16.6. The van der Waals surface area contributed by atoms with E-state index in [1.54, 1.807) is 20.8 Å². The third kappa shape index (κ3) is 7.88. The molecule has 2 atom stereocenters. The number of carbonyl (C=O) groups is 3. The summed E-state index contributed by atoms with van der Waals surface area (Å²) < 4.78 is 21.1. The maximum absolute atomic E-state index is 12.7. The third-order valence-corrected chi connectivity index (χ3v) is 11.5. The van der Waals surface area contributed by atoms with Crippen molar-refractivity contribution in [1.82, 2.24) is 14.7 Å². The number of carbonyl (C=O) groups excluding carboxylic acids is 3. The number of amides is 3. The van der Waals surface area contributed by atoms with E-state index >= 15 is 0 Å². The Morgan fingerprint density at radius 1 is 0.404 bits per heavy atom. The largest absolute Gasteiger partial charge is 0.375 e. The van der Waals surface area contributed by atoms with E-state index in [0.717, 1.165) is 51.4 Å². The van der Waals surface area contributed by atoms with Crippen LogP contribution in [0.3, 0.4) is 0 Å². The van der Waals surface area contributed by atoms with Crippen LogP contribution in [0.4, 0.5) is 0 Å². The van der Waals surface area contributed by atoms with Crippen molar-refractivity contribution in [2.45, 2.75) is 225 Å². The van der Waals surface area contributed by atoms with Crippen molar-refractivity contribution in [3.63, 3.8) is 0 Å². The minimum atomic E-state index is -0.335. The Balaban J connectivity index is 1.56. The zero-order valence-electron chi connectivity index (χ0n) is 32.4. The van der Waals surface area contributed by atoms with Crippen LogP contribution < -0.4 is 0 Å². The number of hydrogen-bond donors (Lipinski definition) is 0. The molecule has 0 spiro atoms. The normalized spacial score (nSPS) is 32.0. The van der Waals surface area contributed by atoms with E-state index in [1.807, 2.05) is 14.7 Å². The monoisotopic (exact) mass is 662 g/mol. The molecular weight excluding hydrogens is 594 g/mol. The van der Waals surface area contributed by atoms with E-state index in [4.69, 9.17) is 14.2 Å². The highest BCUT2D eigenvalue weighted by Crippen LogP contribution is 2.46. The average molecular weight is 662 g/mol. The Morgan fingerprint density at radius 2 is 0.617 bits per heavy atom. The summed E-state index contributed by atoms with van der Waals surface area (Å²) in [4.78, 5) is 44.1. The topological polar surface area (TPSA) is 88.6 Å². The first-order valence-electron chi connectivity index (χ1n) is 18.1. The molecule has 4 aliphatic rings. The van der Waals surface area contributed by atoms with Crippen molar-refractivity contribution in [3.8, 4) is 0 Å². The first kappa shape index (κ1) is 38.1. The van der Waals surface area contributed by atoms with Gasteiger partial charge in [-0.2, -0.15) is 0 Å².